The van der Waals surface area contributed by atoms with Crippen molar-refractivity contribution in [2.75, 3.05) is 0 Å². The minimum Gasteiger partial charge on any atom is -0.475 e. The number of rotatable bonds is 8. The van der Waals surface area contributed by atoms with E-state index < -0.39 is 20.1 Å². The van der Waals surface area contributed by atoms with Crippen LogP contribution < -0.4 is 0 Å². The molecule has 0 aliphatic heterocycles. The molecule has 5 heteroatoms. The van der Waals surface area contributed by atoms with E-state index in [2.05, 4.69) is 41.5 Å². The van der Waals surface area contributed by atoms with Gasteiger partial charge in [0, 0.05) is 5.56 Å². The second-order valence-corrected chi connectivity index (χ2v) is 12.4. The fraction of sp³-hybridized carbons (Fsp3) is 0.556. The predicted octanol–water partition coefficient (Wildman–Crippen LogP) is 4.65. The summed E-state index contributed by atoms with van der Waals surface area (Å²) in [7, 11) is -1.92. The van der Waals surface area contributed by atoms with Gasteiger partial charge in [0.2, 0.25) is 8.32 Å². The first-order valence-electron chi connectivity index (χ1n) is 8.13. The van der Waals surface area contributed by atoms with Gasteiger partial charge in [-0.05, 0) is 22.2 Å². The fourth-order valence-corrected chi connectivity index (χ4v) is 9.00. The van der Waals surface area contributed by atoms with Crippen LogP contribution in [0.5, 0.6) is 0 Å². The van der Waals surface area contributed by atoms with Crippen LogP contribution >= 0.6 is 0 Å². The van der Waals surface area contributed by atoms with E-state index >= 15 is 0 Å². The van der Waals surface area contributed by atoms with Crippen LogP contribution in [0.3, 0.4) is 0 Å². The summed E-state index contributed by atoms with van der Waals surface area (Å²) in [4.78, 5) is 22.1. The zero-order valence-corrected chi connectivity index (χ0v) is 15.9. The fourth-order valence-electron chi connectivity index (χ4n) is 3.58. The number of benzene rings is 1. The Hall–Kier alpha value is -1.46. The third kappa shape index (κ3) is 4.29. The van der Waals surface area contributed by atoms with Gasteiger partial charge in [-0.1, -0.05) is 65.8 Å². The standard InChI is InChI=1S/C18H28O4Si/c1-12(2)23(13(3)4,14(5)6)22-11-15-7-9-16(10-8-15)17(19)18(20)21/h7-10,12-14H,11H2,1-6H3,(H,20,21). The zero-order chi connectivity index (χ0) is 17.8. The topological polar surface area (TPSA) is 63.6 Å². The highest BCUT2D eigenvalue weighted by Gasteiger charge is 2.44. The minimum atomic E-state index is -1.92. The first kappa shape index (κ1) is 19.6. The first-order chi connectivity index (χ1) is 10.6. The second-order valence-electron chi connectivity index (χ2n) is 6.94. The Morgan fingerprint density at radius 2 is 1.39 bits per heavy atom. The number of hydrogen-bond acceptors (Lipinski definition) is 3. The van der Waals surface area contributed by atoms with Crippen LogP contribution in [0.25, 0.3) is 0 Å². The second kappa shape index (κ2) is 7.88. The molecular formula is C18H28O4Si. The number of carbonyl (C=O) groups excluding carboxylic acids is 1. The number of ketones is 1. The molecule has 128 valence electrons. The molecule has 1 N–H and O–H groups in total. The van der Waals surface area contributed by atoms with Gasteiger partial charge < -0.3 is 9.53 Å². The average molecular weight is 337 g/mol. The van der Waals surface area contributed by atoms with E-state index in [1.54, 1.807) is 24.3 Å². The Morgan fingerprint density at radius 1 is 0.957 bits per heavy atom. The summed E-state index contributed by atoms with van der Waals surface area (Å²) < 4.78 is 6.49. The summed E-state index contributed by atoms with van der Waals surface area (Å²) in [6, 6.07) is 6.66. The molecule has 1 aromatic carbocycles. The summed E-state index contributed by atoms with van der Waals surface area (Å²) in [5.74, 6) is -2.31. The van der Waals surface area contributed by atoms with Crippen LogP contribution in [-0.4, -0.2) is 25.2 Å². The SMILES string of the molecule is CC(C)[Si](OCc1ccc(C(=O)C(=O)O)cc1)(C(C)C)C(C)C. The van der Waals surface area contributed by atoms with Crippen LogP contribution in [-0.2, 0) is 15.8 Å². The molecular weight excluding hydrogens is 308 g/mol. The number of Topliss-reactive ketones (excluding diaryl/α,β-unsaturated/α-hetero) is 1. The molecule has 23 heavy (non-hydrogen) atoms. The molecule has 0 heterocycles. The molecule has 0 aromatic heterocycles. The van der Waals surface area contributed by atoms with Crippen molar-refractivity contribution < 1.29 is 19.1 Å². The molecule has 0 aliphatic carbocycles. The lowest BCUT2D eigenvalue weighted by atomic mass is 10.1. The summed E-state index contributed by atoms with van der Waals surface area (Å²) in [5.41, 5.74) is 2.69. The Balaban J connectivity index is 2.91. The smallest absolute Gasteiger partial charge is 0.377 e. The van der Waals surface area contributed by atoms with Gasteiger partial charge in [0.15, 0.2) is 0 Å². The quantitative estimate of drug-likeness (QED) is 0.426. The minimum absolute atomic E-state index is 0.196. The molecule has 0 bridgehead atoms. The number of hydrogen-bond donors (Lipinski definition) is 1. The van der Waals surface area contributed by atoms with E-state index in [1.165, 1.54) is 0 Å². The number of carboxylic acids is 1. The Kier molecular flexibility index (Phi) is 6.71. The van der Waals surface area contributed by atoms with E-state index in [0.717, 1.165) is 5.56 Å². The summed E-state index contributed by atoms with van der Waals surface area (Å²) in [6.45, 7) is 13.9. The van der Waals surface area contributed by atoms with Crippen molar-refractivity contribution in [1.82, 2.24) is 0 Å². The van der Waals surface area contributed by atoms with Crippen molar-refractivity contribution >= 4 is 20.1 Å². The highest BCUT2D eigenvalue weighted by atomic mass is 28.4. The summed E-state index contributed by atoms with van der Waals surface area (Å²) in [6.07, 6.45) is 0. The van der Waals surface area contributed by atoms with Gasteiger partial charge in [0.25, 0.3) is 5.78 Å². The van der Waals surface area contributed by atoms with Crippen LogP contribution in [0.15, 0.2) is 24.3 Å². The number of carbonyl (C=O) groups is 2. The highest BCUT2D eigenvalue weighted by molar-refractivity contribution is 6.77. The third-order valence-electron chi connectivity index (χ3n) is 4.61. The zero-order valence-electron chi connectivity index (χ0n) is 14.9. The van der Waals surface area contributed by atoms with Crippen molar-refractivity contribution in [3.8, 4) is 0 Å². The van der Waals surface area contributed by atoms with E-state index in [9.17, 15) is 9.59 Å². The van der Waals surface area contributed by atoms with Gasteiger partial charge in [-0.3, -0.25) is 4.79 Å². The Bertz CT molecular complexity index is 525. The van der Waals surface area contributed by atoms with E-state index in [4.69, 9.17) is 9.53 Å². The number of carboxylic acid groups (broad SMARTS) is 1. The molecule has 0 unspecified atom stereocenters. The molecule has 0 radical (unpaired) electrons. The predicted molar refractivity (Wildman–Crippen MR) is 94.2 cm³/mol. The summed E-state index contributed by atoms with van der Waals surface area (Å²) >= 11 is 0. The highest BCUT2D eigenvalue weighted by Crippen LogP contribution is 2.42. The molecule has 0 saturated carbocycles. The molecule has 1 aromatic rings. The van der Waals surface area contributed by atoms with Gasteiger partial charge in [-0.15, -0.1) is 0 Å². The lowest BCUT2D eigenvalue weighted by Crippen LogP contribution is -2.47. The maximum atomic E-state index is 11.4. The van der Waals surface area contributed by atoms with Crippen LogP contribution in [0, 0.1) is 0 Å². The number of aliphatic carboxylic acids is 1. The van der Waals surface area contributed by atoms with Gasteiger partial charge in [-0.25, -0.2) is 4.79 Å². The molecule has 0 saturated heterocycles. The molecule has 1 rings (SSSR count). The first-order valence-corrected chi connectivity index (χ1v) is 10.3. The Morgan fingerprint density at radius 3 is 1.74 bits per heavy atom. The molecule has 0 amide bonds. The van der Waals surface area contributed by atoms with Gasteiger partial charge >= 0.3 is 5.97 Å². The third-order valence-corrected chi connectivity index (χ3v) is 10.7. The lowest BCUT2D eigenvalue weighted by Gasteiger charge is -2.42. The van der Waals surface area contributed by atoms with Crippen LogP contribution in [0.2, 0.25) is 16.6 Å². The Labute approximate surface area is 140 Å². The van der Waals surface area contributed by atoms with Crippen molar-refractivity contribution in [1.29, 1.82) is 0 Å². The largest absolute Gasteiger partial charge is 0.475 e. The molecule has 0 aliphatic rings. The maximum Gasteiger partial charge on any atom is 0.377 e. The van der Waals surface area contributed by atoms with Gasteiger partial charge in [0.1, 0.15) is 0 Å². The van der Waals surface area contributed by atoms with E-state index in [0.29, 0.717) is 23.2 Å². The lowest BCUT2D eigenvalue weighted by molar-refractivity contribution is -0.131. The van der Waals surface area contributed by atoms with Crippen molar-refractivity contribution in [3.63, 3.8) is 0 Å². The van der Waals surface area contributed by atoms with Gasteiger partial charge in [-0.2, -0.15) is 0 Å². The average Bonchev–Trinajstić information content (AvgIpc) is 2.46. The molecule has 4 nitrogen and oxygen atoms in total. The monoisotopic (exact) mass is 336 g/mol. The maximum absolute atomic E-state index is 11.4. The normalized spacial score (nSPS) is 12.2. The molecule has 0 atom stereocenters. The van der Waals surface area contributed by atoms with Crippen molar-refractivity contribution in [3.05, 3.63) is 35.4 Å². The van der Waals surface area contributed by atoms with Gasteiger partial charge in [0.05, 0.1) is 6.61 Å². The van der Waals surface area contributed by atoms with Crippen LogP contribution in [0.1, 0.15) is 57.5 Å². The molecule has 0 fully saturated rings. The van der Waals surface area contributed by atoms with Crippen molar-refractivity contribution in [2.24, 2.45) is 0 Å². The summed E-state index contributed by atoms with van der Waals surface area (Å²) in [5, 5.41) is 8.73. The van der Waals surface area contributed by atoms with E-state index in [1.807, 2.05) is 0 Å². The van der Waals surface area contributed by atoms with Crippen LogP contribution in [0.4, 0.5) is 0 Å². The van der Waals surface area contributed by atoms with Crippen molar-refractivity contribution in [2.45, 2.75) is 64.8 Å². The van der Waals surface area contributed by atoms with E-state index in [-0.39, 0.29) is 5.56 Å². The molecule has 0 spiro atoms.